The Bertz CT molecular complexity index is 985. The van der Waals surface area contributed by atoms with Crippen LogP contribution in [-0.4, -0.2) is 48.2 Å². The van der Waals surface area contributed by atoms with Crippen LogP contribution in [0.3, 0.4) is 0 Å². The lowest BCUT2D eigenvalue weighted by Gasteiger charge is -2.35. The number of piperazine rings is 1. The largest absolute Gasteiger partial charge is 0.353 e. The van der Waals surface area contributed by atoms with E-state index in [0.29, 0.717) is 5.56 Å². The van der Waals surface area contributed by atoms with E-state index in [1.165, 1.54) is 5.56 Å². The molecule has 4 rings (SSSR count). The third-order valence-electron chi connectivity index (χ3n) is 5.04. The number of nitrogens with one attached hydrogen (secondary N) is 1. The van der Waals surface area contributed by atoms with E-state index in [4.69, 9.17) is 5.26 Å². The Morgan fingerprint density at radius 3 is 2.34 bits per heavy atom. The van der Waals surface area contributed by atoms with Crippen molar-refractivity contribution in [3.63, 3.8) is 0 Å². The summed E-state index contributed by atoms with van der Waals surface area (Å²) in [5, 5.41) is 12.1. The second-order valence-corrected chi connectivity index (χ2v) is 6.99. The number of anilines is 2. The van der Waals surface area contributed by atoms with Crippen molar-refractivity contribution in [1.82, 2.24) is 20.3 Å². The summed E-state index contributed by atoms with van der Waals surface area (Å²) in [5.41, 5.74) is 3.96. The lowest BCUT2D eigenvalue weighted by Crippen LogP contribution is -2.47. The van der Waals surface area contributed by atoms with Gasteiger partial charge in [0.15, 0.2) is 0 Å². The van der Waals surface area contributed by atoms with Gasteiger partial charge in [-0.2, -0.15) is 5.26 Å². The van der Waals surface area contributed by atoms with Crippen molar-refractivity contribution in [2.24, 2.45) is 0 Å². The standard InChI is InChI=1S/C22H23N7/c1-24-13-17-3-2-4-19(11-17)20-15-26-22(27-16-20)29-9-7-28(8-10-29)21-6-5-18(12-23)14-25-21/h2-6,11,14-16,24H,7-10,13H2,1H3. The van der Waals surface area contributed by atoms with Gasteiger partial charge in [-0.05, 0) is 36.4 Å². The number of nitrogens with zero attached hydrogens (tertiary/aromatic N) is 6. The van der Waals surface area contributed by atoms with Gasteiger partial charge in [0, 0.05) is 56.9 Å². The number of hydrogen-bond acceptors (Lipinski definition) is 7. The van der Waals surface area contributed by atoms with Gasteiger partial charge >= 0.3 is 0 Å². The van der Waals surface area contributed by atoms with E-state index >= 15 is 0 Å². The maximum atomic E-state index is 8.90. The summed E-state index contributed by atoms with van der Waals surface area (Å²) in [4.78, 5) is 18.0. The van der Waals surface area contributed by atoms with Crippen molar-refractivity contribution in [3.8, 4) is 17.2 Å². The van der Waals surface area contributed by atoms with E-state index in [2.05, 4.69) is 60.4 Å². The predicted molar refractivity (Wildman–Crippen MR) is 114 cm³/mol. The molecule has 1 N–H and O–H groups in total. The number of aromatic nitrogens is 3. The maximum Gasteiger partial charge on any atom is 0.225 e. The summed E-state index contributed by atoms with van der Waals surface area (Å²) in [5.74, 6) is 1.66. The molecule has 2 aromatic heterocycles. The van der Waals surface area contributed by atoms with Crippen LogP contribution in [0.1, 0.15) is 11.1 Å². The molecule has 0 saturated carbocycles. The van der Waals surface area contributed by atoms with Crippen LogP contribution < -0.4 is 15.1 Å². The molecule has 1 saturated heterocycles. The lowest BCUT2D eigenvalue weighted by atomic mass is 10.1. The Morgan fingerprint density at radius 1 is 0.931 bits per heavy atom. The summed E-state index contributed by atoms with van der Waals surface area (Å²) in [6.07, 6.45) is 5.42. The SMILES string of the molecule is CNCc1cccc(-c2cnc(N3CCN(c4ccc(C#N)cn4)CC3)nc2)c1. The summed E-state index contributed by atoms with van der Waals surface area (Å²) in [6, 6.07) is 14.2. The Hall–Kier alpha value is -3.50. The predicted octanol–water partition coefficient (Wildman–Crippen LogP) is 2.46. The summed E-state index contributed by atoms with van der Waals surface area (Å²) in [7, 11) is 1.95. The molecule has 0 atom stereocenters. The highest BCUT2D eigenvalue weighted by molar-refractivity contribution is 5.63. The van der Waals surface area contributed by atoms with Crippen LogP contribution in [0.25, 0.3) is 11.1 Å². The minimum Gasteiger partial charge on any atom is -0.353 e. The topological polar surface area (TPSA) is 81.0 Å². The lowest BCUT2D eigenvalue weighted by molar-refractivity contribution is 0.634. The molecular formula is C22H23N7. The molecule has 0 amide bonds. The quantitative estimate of drug-likeness (QED) is 0.722. The Kier molecular flexibility index (Phi) is 5.63. The molecule has 29 heavy (non-hydrogen) atoms. The van der Waals surface area contributed by atoms with E-state index in [9.17, 15) is 0 Å². The van der Waals surface area contributed by atoms with Gasteiger partial charge in [-0.1, -0.05) is 18.2 Å². The van der Waals surface area contributed by atoms with Gasteiger partial charge < -0.3 is 15.1 Å². The van der Waals surface area contributed by atoms with Crippen molar-refractivity contribution in [2.45, 2.75) is 6.54 Å². The van der Waals surface area contributed by atoms with E-state index in [-0.39, 0.29) is 0 Å². The highest BCUT2D eigenvalue weighted by atomic mass is 15.3. The second-order valence-electron chi connectivity index (χ2n) is 6.99. The molecule has 1 fully saturated rings. The van der Waals surface area contributed by atoms with Gasteiger partial charge in [-0.15, -0.1) is 0 Å². The molecular weight excluding hydrogens is 362 g/mol. The van der Waals surface area contributed by atoms with Gasteiger partial charge in [0.05, 0.1) is 5.56 Å². The fourth-order valence-electron chi connectivity index (χ4n) is 3.47. The molecule has 0 unspecified atom stereocenters. The Labute approximate surface area is 170 Å². The van der Waals surface area contributed by atoms with Crippen molar-refractivity contribution in [1.29, 1.82) is 5.26 Å². The molecule has 3 aromatic rings. The molecule has 1 aromatic carbocycles. The van der Waals surface area contributed by atoms with Crippen LogP contribution in [0.4, 0.5) is 11.8 Å². The Balaban J connectivity index is 1.40. The van der Waals surface area contributed by atoms with Crippen LogP contribution >= 0.6 is 0 Å². The second kappa shape index (κ2) is 8.67. The van der Waals surface area contributed by atoms with Crippen molar-refractivity contribution >= 4 is 11.8 Å². The number of pyridine rings is 1. The minimum atomic E-state index is 0.581. The molecule has 0 radical (unpaired) electrons. The first kappa shape index (κ1) is 18.8. The van der Waals surface area contributed by atoms with Crippen LogP contribution in [0.2, 0.25) is 0 Å². The summed E-state index contributed by atoms with van der Waals surface area (Å²) in [6.45, 7) is 4.19. The molecule has 3 heterocycles. The molecule has 0 aliphatic carbocycles. The van der Waals surface area contributed by atoms with Gasteiger partial charge in [-0.25, -0.2) is 15.0 Å². The maximum absolute atomic E-state index is 8.90. The number of hydrogen-bond donors (Lipinski definition) is 1. The molecule has 0 spiro atoms. The van der Waals surface area contributed by atoms with E-state index in [1.807, 2.05) is 31.6 Å². The first-order valence-electron chi connectivity index (χ1n) is 9.69. The van der Waals surface area contributed by atoms with Crippen LogP contribution in [0.5, 0.6) is 0 Å². The van der Waals surface area contributed by atoms with Crippen molar-refractivity contribution in [3.05, 3.63) is 66.1 Å². The minimum absolute atomic E-state index is 0.581. The Morgan fingerprint density at radius 2 is 1.69 bits per heavy atom. The highest BCUT2D eigenvalue weighted by Gasteiger charge is 2.20. The zero-order chi connectivity index (χ0) is 20.1. The average molecular weight is 385 g/mol. The van der Waals surface area contributed by atoms with Crippen LogP contribution in [0, 0.1) is 11.3 Å². The van der Waals surface area contributed by atoms with E-state index in [1.54, 1.807) is 6.20 Å². The van der Waals surface area contributed by atoms with Crippen molar-refractivity contribution < 1.29 is 0 Å². The molecule has 0 bridgehead atoms. The summed E-state index contributed by atoms with van der Waals surface area (Å²) < 4.78 is 0. The monoisotopic (exact) mass is 385 g/mol. The number of rotatable bonds is 5. The number of nitriles is 1. The smallest absolute Gasteiger partial charge is 0.225 e. The van der Waals surface area contributed by atoms with Crippen molar-refractivity contribution in [2.75, 3.05) is 43.0 Å². The number of benzene rings is 1. The van der Waals surface area contributed by atoms with E-state index in [0.717, 1.165) is 55.6 Å². The van der Waals surface area contributed by atoms with Gasteiger partial charge in [0.1, 0.15) is 11.9 Å². The van der Waals surface area contributed by atoms with Gasteiger partial charge in [0.2, 0.25) is 5.95 Å². The highest BCUT2D eigenvalue weighted by Crippen LogP contribution is 2.21. The summed E-state index contributed by atoms with van der Waals surface area (Å²) >= 11 is 0. The van der Waals surface area contributed by atoms with Crippen LogP contribution in [-0.2, 0) is 6.54 Å². The molecule has 1 aliphatic rings. The molecule has 1 aliphatic heterocycles. The third kappa shape index (κ3) is 4.33. The fraction of sp³-hybridized carbons (Fsp3) is 0.273. The zero-order valence-electron chi connectivity index (χ0n) is 16.4. The van der Waals surface area contributed by atoms with Gasteiger partial charge in [-0.3, -0.25) is 0 Å². The van der Waals surface area contributed by atoms with Crippen LogP contribution in [0.15, 0.2) is 55.0 Å². The average Bonchev–Trinajstić information content (AvgIpc) is 2.80. The molecule has 7 heteroatoms. The normalized spacial score (nSPS) is 13.9. The molecule has 7 nitrogen and oxygen atoms in total. The molecule has 146 valence electrons. The first-order valence-corrected chi connectivity index (χ1v) is 9.69. The first-order chi connectivity index (χ1) is 14.3. The third-order valence-corrected chi connectivity index (χ3v) is 5.04. The van der Waals surface area contributed by atoms with E-state index < -0.39 is 0 Å². The van der Waals surface area contributed by atoms with Gasteiger partial charge in [0.25, 0.3) is 0 Å². The zero-order valence-corrected chi connectivity index (χ0v) is 16.4. The fourth-order valence-corrected chi connectivity index (χ4v) is 3.47.